The second-order valence-corrected chi connectivity index (χ2v) is 5.27. The highest BCUT2D eigenvalue weighted by atomic mass is 32.1. The Balaban J connectivity index is 2.58. The first-order chi connectivity index (χ1) is 9.46. The number of nitrogens with one attached hydrogen (secondary N) is 1. The molecular weight excluding hydrogens is 272 g/mol. The van der Waals surface area contributed by atoms with Crippen molar-refractivity contribution in [1.82, 2.24) is 5.32 Å². The average molecular weight is 294 g/mol. The van der Waals surface area contributed by atoms with E-state index in [-0.39, 0.29) is 16.6 Å². The van der Waals surface area contributed by atoms with Crippen LogP contribution in [0.25, 0.3) is 0 Å². The summed E-state index contributed by atoms with van der Waals surface area (Å²) in [5.74, 6) is 0.135. The Morgan fingerprint density at radius 3 is 2.30 bits per heavy atom. The molecule has 0 saturated carbocycles. The van der Waals surface area contributed by atoms with Crippen LogP contribution in [0.5, 0.6) is 5.75 Å². The van der Waals surface area contributed by atoms with Gasteiger partial charge in [-0.3, -0.25) is 4.79 Å². The van der Waals surface area contributed by atoms with Gasteiger partial charge in [-0.25, -0.2) is 0 Å². The number of benzene rings is 1. The van der Waals surface area contributed by atoms with Crippen molar-refractivity contribution >= 4 is 23.1 Å². The molecule has 0 aliphatic carbocycles. The van der Waals surface area contributed by atoms with Crippen LogP contribution >= 0.6 is 12.2 Å². The highest BCUT2D eigenvalue weighted by Gasteiger charge is 2.37. The predicted octanol–water partition coefficient (Wildman–Crippen LogP) is 2.14. The summed E-state index contributed by atoms with van der Waals surface area (Å²) in [6.45, 7) is 4.36. The summed E-state index contributed by atoms with van der Waals surface area (Å²) in [5.41, 5.74) is 6.04. The minimum Gasteiger partial charge on any atom is -0.508 e. The number of carbonyl (C=O) groups excluding carboxylic acids is 1. The van der Waals surface area contributed by atoms with Crippen LogP contribution in [-0.2, 0) is 11.2 Å². The first-order valence-electron chi connectivity index (χ1n) is 6.82. The van der Waals surface area contributed by atoms with Crippen LogP contribution in [-0.4, -0.2) is 22.5 Å². The zero-order valence-corrected chi connectivity index (χ0v) is 12.8. The molecule has 0 saturated heterocycles. The lowest BCUT2D eigenvalue weighted by Gasteiger charge is -2.28. The summed E-state index contributed by atoms with van der Waals surface area (Å²) in [6.07, 6.45) is 1.90. The van der Waals surface area contributed by atoms with Gasteiger partial charge in [0.1, 0.15) is 5.75 Å². The molecule has 0 spiro atoms. The Kier molecular flexibility index (Phi) is 5.95. The third kappa shape index (κ3) is 3.70. The van der Waals surface area contributed by atoms with Gasteiger partial charge >= 0.3 is 0 Å². The lowest BCUT2D eigenvalue weighted by Crippen LogP contribution is -2.48. The zero-order chi connectivity index (χ0) is 15.2. The molecule has 4 nitrogen and oxygen atoms in total. The van der Waals surface area contributed by atoms with E-state index in [1.54, 1.807) is 12.1 Å². The summed E-state index contributed by atoms with van der Waals surface area (Å²) in [6, 6.07) is 6.94. The van der Waals surface area contributed by atoms with Crippen LogP contribution in [0.4, 0.5) is 0 Å². The molecule has 0 fully saturated rings. The Morgan fingerprint density at radius 2 is 1.85 bits per heavy atom. The normalized spacial score (nSPS) is 11.1. The van der Waals surface area contributed by atoms with E-state index in [9.17, 15) is 9.90 Å². The van der Waals surface area contributed by atoms with Gasteiger partial charge < -0.3 is 16.2 Å². The average Bonchev–Trinajstić information content (AvgIpc) is 2.42. The minimum atomic E-state index is -0.746. The third-order valence-electron chi connectivity index (χ3n) is 3.75. The van der Waals surface area contributed by atoms with Gasteiger partial charge in [0.05, 0.1) is 10.4 Å². The van der Waals surface area contributed by atoms with Crippen LogP contribution in [0.15, 0.2) is 24.3 Å². The van der Waals surface area contributed by atoms with E-state index in [1.165, 1.54) is 0 Å². The molecule has 1 aromatic rings. The molecule has 0 bridgehead atoms. The maximum atomic E-state index is 12.3. The topological polar surface area (TPSA) is 75.3 Å². The molecule has 0 aromatic heterocycles. The van der Waals surface area contributed by atoms with Crippen LogP contribution in [0.2, 0.25) is 0 Å². The van der Waals surface area contributed by atoms with E-state index in [0.717, 1.165) is 5.56 Å². The van der Waals surface area contributed by atoms with Crippen LogP contribution in [0.1, 0.15) is 32.3 Å². The number of carbonyl (C=O) groups is 1. The zero-order valence-electron chi connectivity index (χ0n) is 12.0. The molecule has 1 aromatic carbocycles. The maximum absolute atomic E-state index is 12.3. The number of phenolic OH excluding ortho intramolecular Hbond substituents is 1. The SMILES string of the molecule is CCC(CC)(C(=O)NCCc1ccc(O)cc1)C(N)=S. The number of nitrogens with two attached hydrogens (primary N) is 1. The number of thiocarbonyl (C=S) groups is 1. The molecule has 0 aliphatic rings. The minimum absolute atomic E-state index is 0.103. The molecule has 1 amide bonds. The predicted molar refractivity (Wildman–Crippen MR) is 84.6 cm³/mol. The summed E-state index contributed by atoms with van der Waals surface area (Å²) in [4.78, 5) is 12.5. The van der Waals surface area contributed by atoms with E-state index in [2.05, 4.69) is 5.32 Å². The van der Waals surface area contributed by atoms with E-state index in [0.29, 0.717) is 25.8 Å². The van der Waals surface area contributed by atoms with Crippen LogP contribution in [0, 0.1) is 5.41 Å². The Labute approximate surface area is 125 Å². The molecular formula is C15H22N2O2S. The number of aromatic hydroxyl groups is 1. The van der Waals surface area contributed by atoms with Crippen molar-refractivity contribution in [2.75, 3.05) is 6.54 Å². The molecule has 110 valence electrons. The van der Waals surface area contributed by atoms with Gasteiger partial charge in [0.25, 0.3) is 0 Å². The van der Waals surface area contributed by atoms with Crippen molar-refractivity contribution in [2.24, 2.45) is 11.1 Å². The molecule has 20 heavy (non-hydrogen) atoms. The van der Waals surface area contributed by atoms with Gasteiger partial charge in [0, 0.05) is 6.54 Å². The van der Waals surface area contributed by atoms with Crippen LogP contribution < -0.4 is 11.1 Å². The number of phenols is 1. The molecule has 0 atom stereocenters. The molecule has 0 aliphatic heterocycles. The summed E-state index contributed by atoms with van der Waals surface area (Å²) in [7, 11) is 0. The molecule has 1 rings (SSSR count). The van der Waals surface area contributed by atoms with Crippen molar-refractivity contribution in [3.05, 3.63) is 29.8 Å². The highest BCUT2D eigenvalue weighted by Crippen LogP contribution is 2.27. The molecule has 0 radical (unpaired) electrons. The van der Waals surface area contributed by atoms with Gasteiger partial charge in [-0.15, -0.1) is 0 Å². The first kappa shape index (κ1) is 16.4. The highest BCUT2D eigenvalue weighted by molar-refractivity contribution is 7.80. The number of hydrogen-bond donors (Lipinski definition) is 3. The van der Waals surface area contributed by atoms with Crippen molar-refractivity contribution < 1.29 is 9.90 Å². The molecule has 0 heterocycles. The summed E-state index contributed by atoms with van der Waals surface area (Å²) >= 11 is 5.05. The van der Waals surface area contributed by atoms with E-state index in [4.69, 9.17) is 18.0 Å². The second-order valence-electron chi connectivity index (χ2n) is 4.83. The summed E-state index contributed by atoms with van der Waals surface area (Å²) in [5, 5.41) is 12.1. The van der Waals surface area contributed by atoms with Crippen molar-refractivity contribution in [2.45, 2.75) is 33.1 Å². The summed E-state index contributed by atoms with van der Waals surface area (Å²) < 4.78 is 0. The monoisotopic (exact) mass is 294 g/mol. The molecule has 0 unspecified atom stereocenters. The van der Waals surface area contributed by atoms with Gasteiger partial charge in [-0.1, -0.05) is 38.2 Å². The smallest absolute Gasteiger partial charge is 0.233 e. The van der Waals surface area contributed by atoms with Crippen molar-refractivity contribution in [3.8, 4) is 5.75 Å². The van der Waals surface area contributed by atoms with E-state index >= 15 is 0 Å². The standard InChI is InChI=1S/C15H22N2O2S/c1-3-15(4-2,13(16)20)14(19)17-10-9-11-5-7-12(18)8-6-11/h5-8,18H,3-4,9-10H2,1-2H3,(H2,16,20)(H,17,19). The Bertz CT molecular complexity index is 467. The van der Waals surface area contributed by atoms with Crippen LogP contribution in [0.3, 0.4) is 0 Å². The third-order valence-corrected chi connectivity index (χ3v) is 4.14. The number of amides is 1. The first-order valence-corrected chi connectivity index (χ1v) is 7.23. The molecule has 5 heteroatoms. The second kappa shape index (κ2) is 7.24. The Hall–Kier alpha value is -1.62. The Morgan fingerprint density at radius 1 is 1.30 bits per heavy atom. The van der Waals surface area contributed by atoms with Crippen molar-refractivity contribution in [3.63, 3.8) is 0 Å². The van der Waals surface area contributed by atoms with Crippen molar-refractivity contribution in [1.29, 1.82) is 0 Å². The van der Waals surface area contributed by atoms with E-state index < -0.39 is 5.41 Å². The van der Waals surface area contributed by atoms with Gasteiger partial charge in [0.15, 0.2) is 0 Å². The fraction of sp³-hybridized carbons (Fsp3) is 0.467. The van der Waals surface area contributed by atoms with Gasteiger partial charge in [-0.2, -0.15) is 0 Å². The fourth-order valence-corrected chi connectivity index (χ4v) is 2.57. The van der Waals surface area contributed by atoms with Gasteiger partial charge in [-0.05, 0) is 37.0 Å². The van der Waals surface area contributed by atoms with Gasteiger partial charge in [0.2, 0.25) is 5.91 Å². The fourth-order valence-electron chi connectivity index (χ4n) is 2.18. The lowest BCUT2D eigenvalue weighted by molar-refractivity contribution is -0.127. The number of hydrogen-bond acceptors (Lipinski definition) is 3. The van der Waals surface area contributed by atoms with E-state index in [1.807, 2.05) is 26.0 Å². The molecule has 4 N–H and O–H groups in total. The number of rotatable bonds is 7. The maximum Gasteiger partial charge on any atom is 0.233 e. The largest absolute Gasteiger partial charge is 0.508 e. The quantitative estimate of drug-likeness (QED) is 0.674. The lowest BCUT2D eigenvalue weighted by atomic mass is 9.81.